The fraction of sp³-hybridized carbons (Fsp3) is 0.571. The van der Waals surface area contributed by atoms with Crippen LogP contribution in [0.1, 0.15) is 49.7 Å². The molecule has 15 heavy (non-hydrogen) atoms. The summed E-state index contributed by atoms with van der Waals surface area (Å²) in [5, 5.41) is 10.0. The number of rotatable bonds is 5. The van der Waals surface area contributed by atoms with E-state index in [1.165, 1.54) is 24.0 Å². The first kappa shape index (κ1) is 10.7. The van der Waals surface area contributed by atoms with Crippen LogP contribution in [-0.4, -0.2) is 11.2 Å². The van der Waals surface area contributed by atoms with E-state index < -0.39 is 0 Å². The fourth-order valence-corrected chi connectivity index (χ4v) is 2.45. The van der Waals surface area contributed by atoms with E-state index in [2.05, 4.69) is 31.2 Å². The van der Waals surface area contributed by atoms with Crippen molar-refractivity contribution in [1.82, 2.24) is 0 Å². The SMILES string of the molecule is CCCCCC(O)C1Cc2ccccc21. The number of hydrogen-bond donors (Lipinski definition) is 1. The molecule has 0 radical (unpaired) electrons. The van der Waals surface area contributed by atoms with Gasteiger partial charge in [0.15, 0.2) is 0 Å². The fourth-order valence-electron chi connectivity index (χ4n) is 2.45. The average molecular weight is 204 g/mol. The Balaban J connectivity index is 1.87. The van der Waals surface area contributed by atoms with Crippen LogP contribution in [0.3, 0.4) is 0 Å². The molecule has 1 aliphatic carbocycles. The monoisotopic (exact) mass is 204 g/mol. The normalized spacial score (nSPS) is 20.5. The van der Waals surface area contributed by atoms with Crippen molar-refractivity contribution in [3.63, 3.8) is 0 Å². The van der Waals surface area contributed by atoms with Crippen molar-refractivity contribution in [2.45, 2.75) is 51.0 Å². The van der Waals surface area contributed by atoms with Crippen molar-refractivity contribution in [2.75, 3.05) is 0 Å². The third-order valence-corrected chi connectivity index (χ3v) is 3.46. The van der Waals surface area contributed by atoms with E-state index in [1.807, 2.05) is 0 Å². The van der Waals surface area contributed by atoms with Crippen molar-refractivity contribution < 1.29 is 5.11 Å². The lowest BCUT2D eigenvalue weighted by Gasteiger charge is -2.33. The zero-order valence-corrected chi connectivity index (χ0v) is 9.45. The van der Waals surface area contributed by atoms with Gasteiger partial charge in [0.2, 0.25) is 0 Å². The number of unbranched alkanes of at least 4 members (excludes halogenated alkanes) is 2. The maximum absolute atomic E-state index is 10.0. The molecule has 0 aromatic heterocycles. The first-order valence-electron chi connectivity index (χ1n) is 6.08. The third-order valence-electron chi connectivity index (χ3n) is 3.46. The van der Waals surface area contributed by atoms with E-state index in [9.17, 15) is 5.11 Å². The van der Waals surface area contributed by atoms with Gasteiger partial charge in [0.25, 0.3) is 0 Å². The van der Waals surface area contributed by atoms with Crippen LogP contribution >= 0.6 is 0 Å². The molecule has 1 N–H and O–H groups in total. The summed E-state index contributed by atoms with van der Waals surface area (Å²) in [4.78, 5) is 0. The molecule has 2 rings (SSSR count). The highest BCUT2D eigenvalue weighted by Gasteiger charge is 2.30. The Morgan fingerprint density at radius 3 is 2.87 bits per heavy atom. The Morgan fingerprint density at radius 2 is 2.13 bits per heavy atom. The number of aliphatic hydroxyl groups is 1. The summed E-state index contributed by atoms with van der Waals surface area (Å²) in [6.45, 7) is 2.20. The van der Waals surface area contributed by atoms with Gasteiger partial charge >= 0.3 is 0 Å². The number of aliphatic hydroxyl groups excluding tert-OH is 1. The van der Waals surface area contributed by atoms with Crippen molar-refractivity contribution in [1.29, 1.82) is 0 Å². The van der Waals surface area contributed by atoms with E-state index in [0.29, 0.717) is 5.92 Å². The Kier molecular flexibility index (Phi) is 3.42. The second kappa shape index (κ2) is 4.80. The maximum atomic E-state index is 10.0. The molecule has 0 saturated carbocycles. The van der Waals surface area contributed by atoms with Crippen LogP contribution in [0.25, 0.3) is 0 Å². The summed E-state index contributed by atoms with van der Waals surface area (Å²) >= 11 is 0. The van der Waals surface area contributed by atoms with Crippen LogP contribution < -0.4 is 0 Å². The molecular formula is C14H20O. The van der Waals surface area contributed by atoms with Crippen LogP contribution in [0.15, 0.2) is 24.3 Å². The van der Waals surface area contributed by atoms with E-state index in [0.717, 1.165) is 19.3 Å². The summed E-state index contributed by atoms with van der Waals surface area (Å²) in [5.41, 5.74) is 2.80. The largest absolute Gasteiger partial charge is 0.392 e. The Bertz CT molecular complexity index is 319. The first-order valence-corrected chi connectivity index (χ1v) is 6.08. The maximum Gasteiger partial charge on any atom is 0.0612 e. The quantitative estimate of drug-likeness (QED) is 0.730. The molecule has 1 aromatic rings. The molecule has 0 heterocycles. The third kappa shape index (κ3) is 2.23. The lowest BCUT2D eigenvalue weighted by Crippen LogP contribution is -2.28. The van der Waals surface area contributed by atoms with Crippen molar-refractivity contribution in [3.8, 4) is 0 Å². The van der Waals surface area contributed by atoms with Crippen LogP contribution in [0.4, 0.5) is 0 Å². The molecule has 1 aromatic carbocycles. The van der Waals surface area contributed by atoms with Gasteiger partial charge < -0.3 is 5.11 Å². The summed E-state index contributed by atoms with van der Waals surface area (Å²) in [6.07, 6.45) is 5.55. The summed E-state index contributed by atoms with van der Waals surface area (Å²) in [5.74, 6) is 0.415. The number of hydrogen-bond acceptors (Lipinski definition) is 1. The Morgan fingerprint density at radius 1 is 1.33 bits per heavy atom. The predicted octanol–water partition coefficient (Wildman–Crippen LogP) is 3.27. The molecule has 0 bridgehead atoms. The zero-order chi connectivity index (χ0) is 10.7. The molecule has 0 saturated heterocycles. The minimum atomic E-state index is -0.119. The van der Waals surface area contributed by atoms with Gasteiger partial charge in [-0.05, 0) is 24.0 Å². The van der Waals surface area contributed by atoms with Crippen LogP contribution in [0.2, 0.25) is 0 Å². The van der Waals surface area contributed by atoms with Crippen LogP contribution in [0.5, 0.6) is 0 Å². The summed E-state index contributed by atoms with van der Waals surface area (Å²) in [7, 11) is 0. The molecule has 2 unspecified atom stereocenters. The molecule has 0 spiro atoms. The zero-order valence-electron chi connectivity index (χ0n) is 9.45. The van der Waals surface area contributed by atoms with E-state index in [4.69, 9.17) is 0 Å². The summed E-state index contributed by atoms with van der Waals surface area (Å²) < 4.78 is 0. The van der Waals surface area contributed by atoms with E-state index in [-0.39, 0.29) is 6.10 Å². The Hall–Kier alpha value is -0.820. The van der Waals surface area contributed by atoms with Gasteiger partial charge in [-0.2, -0.15) is 0 Å². The van der Waals surface area contributed by atoms with Gasteiger partial charge in [0, 0.05) is 5.92 Å². The van der Waals surface area contributed by atoms with Crippen LogP contribution in [0, 0.1) is 0 Å². The average Bonchev–Trinajstić information content (AvgIpc) is 2.20. The van der Waals surface area contributed by atoms with Crippen LogP contribution in [-0.2, 0) is 6.42 Å². The highest BCUT2D eigenvalue weighted by molar-refractivity contribution is 5.40. The van der Waals surface area contributed by atoms with Gasteiger partial charge in [0.05, 0.1) is 6.10 Å². The topological polar surface area (TPSA) is 20.2 Å². The second-order valence-electron chi connectivity index (χ2n) is 4.57. The molecular weight excluding hydrogens is 184 g/mol. The Labute approximate surface area is 92.1 Å². The lowest BCUT2D eigenvalue weighted by molar-refractivity contribution is 0.120. The van der Waals surface area contributed by atoms with E-state index in [1.54, 1.807) is 0 Å². The van der Waals surface area contributed by atoms with E-state index >= 15 is 0 Å². The minimum Gasteiger partial charge on any atom is -0.392 e. The standard InChI is InChI=1S/C14H20O/c1-2-3-4-9-14(15)13-10-11-7-5-6-8-12(11)13/h5-8,13-15H,2-4,9-10H2,1H3. The molecule has 1 aliphatic rings. The predicted molar refractivity (Wildman–Crippen MR) is 63.0 cm³/mol. The van der Waals surface area contributed by atoms with Crippen molar-refractivity contribution >= 4 is 0 Å². The lowest BCUT2D eigenvalue weighted by atomic mass is 9.73. The molecule has 1 heteroatoms. The smallest absolute Gasteiger partial charge is 0.0612 e. The molecule has 0 aliphatic heterocycles. The van der Waals surface area contributed by atoms with Gasteiger partial charge in [-0.3, -0.25) is 0 Å². The highest BCUT2D eigenvalue weighted by Crippen LogP contribution is 2.38. The van der Waals surface area contributed by atoms with Gasteiger partial charge in [-0.15, -0.1) is 0 Å². The molecule has 0 fully saturated rings. The number of benzene rings is 1. The van der Waals surface area contributed by atoms with Gasteiger partial charge in [-0.25, -0.2) is 0 Å². The second-order valence-corrected chi connectivity index (χ2v) is 4.57. The molecule has 1 nitrogen and oxygen atoms in total. The highest BCUT2D eigenvalue weighted by atomic mass is 16.3. The number of fused-ring (bicyclic) bond motifs is 1. The van der Waals surface area contributed by atoms with Gasteiger partial charge in [-0.1, -0.05) is 50.5 Å². The first-order chi connectivity index (χ1) is 7.33. The molecule has 82 valence electrons. The minimum absolute atomic E-state index is 0.119. The molecule has 0 amide bonds. The summed E-state index contributed by atoms with van der Waals surface area (Å²) in [6, 6.07) is 8.49. The molecule has 2 atom stereocenters. The van der Waals surface area contributed by atoms with Crippen molar-refractivity contribution in [2.24, 2.45) is 0 Å². The van der Waals surface area contributed by atoms with Crippen molar-refractivity contribution in [3.05, 3.63) is 35.4 Å². The van der Waals surface area contributed by atoms with Gasteiger partial charge in [0.1, 0.15) is 0 Å².